The molecule has 132 valence electrons. The fraction of sp³-hybridized carbons (Fsp3) is 0.190. The SMILES string of the molecule is O=C(Nc1ccc(F)cc1)N1CCn2cccc2C1Cc1ccccc1. The number of nitrogens with one attached hydrogen (secondary N) is 1. The number of hydrogen-bond donors (Lipinski definition) is 1. The Morgan fingerprint density at radius 1 is 1.00 bits per heavy atom. The molecule has 0 saturated heterocycles. The van der Waals surface area contributed by atoms with Gasteiger partial charge in [-0.3, -0.25) is 0 Å². The van der Waals surface area contributed by atoms with Crippen LogP contribution in [0.3, 0.4) is 0 Å². The summed E-state index contributed by atoms with van der Waals surface area (Å²) in [5.74, 6) is -0.319. The molecule has 3 aromatic rings. The van der Waals surface area contributed by atoms with E-state index in [0.717, 1.165) is 18.7 Å². The minimum absolute atomic E-state index is 0.0402. The van der Waals surface area contributed by atoms with Crippen LogP contribution >= 0.6 is 0 Å². The second-order valence-corrected chi connectivity index (χ2v) is 6.46. The van der Waals surface area contributed by atoms with Crippen LogP contribution in [-0.4, -0.2) is 22.0 Å². The van der Waals surface area contributed by atoms with Crippen LogP contribution in [0.1, 0.15) is 17.3 Å². The molecular weight excluding hydrogens is 329 g/mol. The highest BCUT2D eigenvalue weighted by molar-refractivity contribution is 5.89. The number of benzene rings is 2. The Morgan fingerprint density at radius 2 is 1.77 bits per heavy atom. The van der Waals surface area contributed by atoms with Crippen molar-refractivity contribution in [2.45, 2.75) is 19.0 Å². The topological polar surface area (TPSA) is 37.3 Å². The third-order valence-electron chi connectivity index (χ3n) is 4.79. The molecule has 0 bridgehead atoms. The first-order chi connectivity index (χ1) is 12.7. The molecule has 0 fully saturated rings. The van der Waals surface area contributed by atoms with E-state index in [1.54, 1.807) is 12.1 Å². The van der Waals surface area contributed by atoms with Crippen LogP contribution in [-0.2, 0) is 13.0 Å². The van der Waals surface area contributed by atoms with Crippen LogP contribution in [0.4, 0.5) is 14.9 Å². The number of halogens is 1. The lowest BCUT2D eigenvalue weighted by Gasteiger charge is -2.37. The maximum Gasteiger partial charge on any atom is 0.322 e. The minimum atomic E-state index is -0.319. The quantitative estimate of drug-likeness (QED) is 0.745. The maximum atomic E-state index is 13.1. The lowest BCUT2D eigenvalue weighted by molar-refractivity contribution is 0.167. The van der Waals surface area contributed by atoms with E-state index in [-0.39, 0.29) is 17.9 Å². The number of fused-ring (bicyclic) bond motifs is 1. The minimum Gasteiger partial charge on any atom is -0.348 e. The van der Waals surface area contributed by atoms with Gasteiger partial charge >= 0.3 is 6.03 Å². The first-order valence-corrected chi connectivity index (χ1v) is 8.73. The van der Waals surface area contributed by atoms with Gasteiger partial charge in [0.25, 0.3) is 0 Å². The van der Waals surface area contributed by atoms with Gasteiger partial charge in [-0.05, 0) is 48.4 Å². The second kappa shape index (κ2) is 7.04. The number of anilines is 1. The molecule has 1 N–H and O–H groups in total. The van der Waals surface area contributed by atoms with Crippen LogP contribution in [0.15, 0.2) is 72.9 Å². The molecule has 26 heavy (non-hydrogen) atoms. The zero-order valence-corrected chi connectivity index (χ0v) is 14.3. The highest BCUT2D eigenvalue weighted by Crippen LogP contribution is 2.30. The van der Waals surface area contributed by atoms with E-state index in [2.05, 4.69) is 34.3 Å². The van der Waals surface area contributed by atoms with Crippen molar-refractivity contribution in [2.75, 3.05) is 11.9 Å². The molecule has 0 aliphatic carbocycles. The number of nitrogens with zero attached hydrogens (tertiary/aromatic N) is 2. The third kappa shape index (κ3) is 3.33. The summed E-state index contributed by atoms with van der Waals surface area (Å²) in [5, 5.41) is 2.89. The predicted molar refractivity (Wildman–Crippen MR) is 99.4 cm³/mol. The Hall–Kier alpha value is -3.08. The van der Waals surface area contributed by atoms with Gasteiger partial charge in [-0.15, -0.1) is 0 Å². The predicted octanol–water partition coefficient (Wildman–Crippen LogP) is 4.46. The van der Waals surface area contributed by atoms with Crippen molar-refractivity contribution in [3.05, 3.63) is 90.0 Å². The average Bonchev–Trinajstić information content (AvgIpc) is 3.14. The van der Waals surface area contributed by atoms with Crippen molar-refractivity contribution >= 4 is 11.7 Å². The largest absolute Gasteiger partial charge is 0.348 e. The Kier molecular flexibility index (Phi) is 4.44. The van der Waals surface area contributed by atoms with Crippen LogP contribution in [0.25, 0.3) is 0 Å². The molecule has 2 heterocycles. The molecular formula is C21H20FN3O. The molecule has 5 heteroatoms. The molecule has 0 radical (unpaired) electrons. The smallest absolute Gasteiger partial charge is 0.322 e. The van der Waals surface area contributed by atoms with Crippen molar-refractivity contribution in [2.24, 2.45) is 0 Å². The summed E-state index contributed by atoms with van der Waals surface area (Å²) in [6.07, 6.45) is 2.81. The van der Waals surface area contributed by atoms with Gasteiger partial charge in [0, 0.05) is 30.7 Å². The zero-order valence-electron chi connectivity index (χ0n) is 14.3. The van der Waals surface area contributed by atoms with Crippen LogP contribution in [0, 0.1) is 5.82 Å². The van der Waals surface area contributed by atoms with Gasteiger partial charge in [0.1, 0.15) is 5.82 Å². The van der Waals surface area contributed by atoms with Crippen molar-refractivity contribution in [3.8, 4) is 0 Å². The summed E-state index contributed by atoms with van der Waals surface area (Å²) < 4.78 is 15.3. The maximum absolute atomic E-state index is 13.1. The van der Waals surface area contributed by atoms with Crippen LogP contribution < -0.4 is 5.32 Å². The first-order valence-electron chi connectivity index (χ1n) is 8.73. The van der Waals surface area contributed by atoms with Gasteiger partial charge in [-0.2, -0.15) is 0 Å². The molecule has 4 nitrogen and oxygen atoms in total. The van der Waals surface area contributed by atoms with E-state index in [9.17, 15) is 9.18 Å². The molecule has 0 saturated carbocycles. The van der Waals surface area contributed by atoms with Gasteiger partial charge in [-0.25, -0.2) is 9.18 Å². The Labute approximate surface area is 151 Å². The number of urea groups is 1. The van der Waals surface area contributed by atoms with Gasteiger partial charge < -0.3 is 14.8 Å². The normalized spacial score (nSPS) is 16.2. The van der Waals surface area contributed by atoms with Crippen molar-refractivity contribution in [1.29, 1.82) is 0 Å². The summed E-state index contributed by atoms with van der Waals surface area (Å²) in [6, 6.07) is 19.9. The molecule has 2 amide bonds. The second-order valence-electron chi connectivity index (χ2n) is 6.46. The molecule has 2 aromatic carbocycles. The first kappa shape index (κ1) is 16.4. The Balaban J connectivity index is 1.58. The Morgan fingerprint density at radius 3 is 2.54 bits per heavy atom. The van der Waals surface area contributed by atoms with E-state index in [4.69, 9.17) is 0 Å². The summed E-state index contributed by atoms with van der Waals surface area (Å²) in [5.41, 5.74) is 2.91. The van der Waals surface area contributed by atoms with Gasteiger partial charge in [0.15, 0.2) is 0 Å². The lowest BCUT2D eigenvalue weighted by atomic mass is 10.0. The number of carbonyl (C=O) groups excluding carboxylic acids is 1. The molecule has 1 aromatic heterocycles. The Bertz CT molecular complexity index is 889. The van der Waals surface area contributed by atoms with Crippen molar-refractivity contribution in [1.82, 2.24) is 9.47 Å². The molecule has 0 spiro atoms. The molecule has 1 aliphatic heterocycles. The van der Waals surface area contributed by atoms with Crippen LogP contribution in [0.5, 0.6) is 0 Å². The highest BCUT2D eigenvalue weighted by Gasteiger charge is 2.31. The number of aromatic nitrogens is 1. The van der Waals surface area contributed by atoms with Gasteiger partial charge in [-0.1, -0.05) is 30.3 Å². The third-order valence-corrected chi connectivity index (χ3v) is 4.79. The fourth-order valence-corrected chi connectivity index (χ4v) is 3.49. The van der Waals surface area contributed by atoms with E-state index in [0.29, 0.717) is 12.2 Å². The van der Waals surface area contributed by atoms with Gasteiger partial charge in [0.2, 0.25) is 0 Å². The zero-order chi connectivity index (χ0) is 17.9. The number of hydrogen-bond acceptors (Lipinski definition) is 1. The van der Waals surface area contributed by atoms with E-state index in [1.807, 2.05) is 29.2 Å². The summed E-state index contributed by atoms with van der Waals surface area (Å²) in [7, 11) is 0. The summed E-state index contributed by atoms with van der Waals surface area (Å²) in [4.78, 5) is 14.8. The fourth-order valence-electron chi connectivity index (χ4n) is 3.49. The summed E-state index contributed by atoms with van der Waals surface area (Å²) >= 11 is 0. The van der Waals surface area contributed by atoms with E-state index >= 15 is 0 Å². The van der Waals surface area contributed by atoms with E-state index in [1.165, 1.54) is 17.7 Å². The van der Waals surface area contributed by atoms with Crippen molar-refractivity contribution in [3.63, 3.8) is 0 Å². The van der Waals surface area contributed by atoms with Crippen molar-refractivity contribution < 1.29 is 9.18 Å². The number of amides is 2. The molecule has 1 atom stereocenters. The van der Waals surface area contributed by atoms with Crippen LogP contribution in [0.2, 0.25) is 0 Å². The number of rotatable bonds is 3. The molecule has 4 rings (SSSR count). The summed E-state index contributed by atoms with van der Waals surface area (Å²) in [6.45, 7) is 1.40. The average molecular weight is 349 g/mol. The molecule has 1 unspecified atom stereocenters. The van der Waals surface area contributed by atoms with Gasteiger partial charge in [0.05, 0.1) is 6.04 Å². The lowest BCUT2D eigenvalue weighted by Crippen LogP contribution is -2.44. The monoisotopic (exact) mass is 349 g/mol. The molecule has 1 aliphatic rings. The van der Waals surface area contributed by atoms with E-state index < -0.39 is 0 Å². The highest BCUT2D eigenvalue weighted by atomic mass is 19.1. The standard InChI is InChI=1S/C21H20FN3O/c22-17-8-10-18(11-9-17)23-21(26)25-14-13-24-12-4-7-19(24)20(25)15-16-5-2-1-3-6-16/h1-12,20H,13-15H2,(H,23,26). The number of carbonyl (C=O) groups is 1.